The standard InChI is InChI=1S/C34H36FN7O12S2/c1-3-40-10-15(26(45)17-8-18(35)27(46)28(47)25(17)40)11-42(6-4-5-7-42)12-16-13-55-31-23(30(49)41(31)24(16)33(52)53-2)38-29(48)22(19-14-56-34(36)37-19)39-54-20(32(50)51)9-21(43)44/h8,10,14,20,23,31H,3-7,9,11-13H2,1-2H3,(H6-,36,37,38,39,43,44,45,46,47,48,50,51)/p+1. The van der Waals surface area contributed by atoms with E-state index in [-0.39, 0.29) is 46.3 Å². The minimum atomic E-state index is -1.95. The number of aromatic nitrogens is 2. The average Bonchev–Trinajstić information content (AvgIpc) is 3.81. The molecule has 0 spiro atoms. The molecule has 3 aromatic rings. The van der Waals surface area contributed by atoms with Crippen molar-refractivity contribution in [3.63, 3.8) is 0 Å². The molecular formula is C34H37FN7O12S2+. The van der Waals surface area contributed by atoms with E-state index < -0.39 is 82.1 Å². The number of likely N-dealkylation sites (tertiary alicyclic amines) is 1. The van der Waals surface area contributed by atoms with Gasteiger partial charge in [-0.1, -0.05) is 5.16 Å². The summed E-state index contributed by atoms with van der Waals surface area (Å²) >= 11 is 2.19. The average molecular weight is 819 g/mol. The van der Waals surface area contributed by atoms with E-state index in [1.165, 1.54) is 29.2 Å². The number of hydrogen-bond acceptors (Lipinski definition) is 15. The van der Waals surface area contributed by atoms with Crippen molar-refractivity contribution in [1.82, 2.24) is 19.8 Å². The van der Waals surface area contributed by atoms with Gasteiger partial charge in [0.2, 0.25) is 6.10 Å². The minimum absolute atomic E-state index is 0.000691. The Morgan fingerprint density at radius 2 is 1.88 bits per heavy atom. The number of carbonyl (C=O) groups is 5. The number of aliphatic carboxylic acids is 2. The number of carboxylic acid groups (broad SMARTS) is 2. The number of fused-ring (bicyclic) bond motifs is 2. The number of benzene rings is 1. The van der Waals surface area contributed by atoms with E-state index in [0.29, 0.717) is 35.3 Å². The van der Waals surface area contributed by atoms with E-state index >= 15 is 0 Å². The zero-order valence-corrected chi connectivity index (χ0v) is 31.5. The molecule has 0 bridgehead atoms. The number of phenolic OH excluding ortho intramolecular Hbond substituents is 2. The second-order valence-corrected chi connectivity index (χ2v) is 15.4. The van der Waals surface area contributed by atoms with E-state index in [2.05, 4.69) is 15.5 Å². The number of nitrogens with one attached hydrogen (secondary N) is 1. The van der Waals surface area contributed by atoms with Crippen LogP contribution < -0.4 is 16.5 Å². The number of aryl methyl sites for hydroxylation is 1. The summed E-state index contributed by atoms with van der Waals surface area (Å²) in [7, 11) is 1.17. The lowest BCUT2D eigenvalue weighted by Gasteiger charge is -2.50. The first-order chi connectivity index (χ1) is 26.6. The number of β-lactam (4-membered cyclic amide) rings is 1. The van der Waals surface area contributed by atoms with Crippen LogP contribution in [0, 0.1) is 5.82 Å². The molecule has 0 saturated carbocycles. The van der Waals surface area contributed by atoms with E-state index in [4.69, 9.17) is 20.4 Å². The number of phenols is 2. The number of anilines is 1. The minimum Gasteiger partial charge on any atom is -0.503 e. The van der Waals surface area contributed by atoms with Gasteiger partial charge >= 0.3 is 17.9 Å². The van der Waals surface area contributed by atoms with Crippen molar-refractivity contribution >= 4 is 74.6 Å². The maximum absolute atomic E-state index is 14.5. The summed E-state index contributed by atoms with van der Waals surface area (Å²) in [4.78, 5) is 87.3. The zero-order valence-electron chi connectivity index (χ0n) is 29.9. The molecule has 3 atom stereocenters. The summed E-state index contributed by atoms with van der Waals surface area (Å²) in [5.74, 6) is -8.23. The predicted octanol–water partition coefficient (Wildman–Crippen LogP) is 0.897. The molecule has 2 aromatic heterocycles. The summed E-state index contributed by atoms with van der Waals surface area (Å²) in [5.41, 5.74) is 5.39. The molecule has 19 nitrogen and oxygen atoms in total. The molecule has 3 aliphatic rings. The van der Waals surface area contributed by atoms with Crippen LogP contribution >= 0.6 is 23.1 Å². The quantitative estimate of drug-likeness (QED) is 0.0329. The normalized spacial score (nSPS) is 19.7. The number of carboxylic acids is 2. The third kappa shape index (κ3) is 7.45. The van der Waals surface area contributed by atoms with Crippen molar-refractivity contribution in [2.24, 2.45) is 5.16 Å². The van der Waals surface area contributed by atoms with Crippen LogP contribution in [0.15, 0.2) is 38.9 Å². The van der Waals surface area contributed by atoms with Crippen molar-refractivity contribution in [3.05, 3.63) is 56.2 Å². The van der Waals surface area contributed by atoms with Gasteiger partial charge in [-0.25, -0.2) is 19.0 Å². The van der Waals surface area contributed by atoms with Crippen LogP contribution in [0.1, 0.15) is 37.4 Å². The van der Waals surface area contributed by atoms with Crippen LogP contribution in [-0.4, -0.2) is 125 Å². The molecule has 3 unspecified atom stereocenters. The number of thioether (sulfide) groups is 1. The first-order valence-corrected chi connectivity index (χ1v) is 19.1. The Labute approximate surface area is 324 Å². The van der Waals surface area contributed by atoms with Crippen molar-refractivity contribution in [3.8, 4) is 11.5 Å². The Morgan fingerprint density at radius 1 is 1.16 bits per heavy atom. The fraction of sp³-hybridized carbons (Fsp3) is 0.412. The number of aromatic hydroxyl groups is 2. The summed E-state index contributed by atoms with van der Waals surface area (Å²) in [6.07, 6.45) is 0.252. The number of ether oxygens (including phenoxy) is 1. The SMILES string of the molecule is CCn1cc(C[N+]2(CC3=C(C(=O)OC)N4C(=O)C(NC(=O)C(=NOC(CC(=O)O)C(=O)O)c5csc(N)n5)C4SC3)CCCC2)c(=O)c2cc(F)c(O)c(O)c21. The molecule has 298 valence electrons. The monoisotopic (exact) mass is 818 g/mol. The van der Waals surface area contributed by atoms with Gasteiger partial charge in [0.1, 0.15) is 35.9 Å². The summed E-state index contributed by atoms with van der Waals surface area (Å²) in [5, 5.41) is 45.6. The number of esters is 1. The van der Waals surface area contributed by atoms with Gasteiger partial charge in [-0.05, 0) is 13.0 Å². The van der Waals surface area contributed by atoms with Crippen molar-refractivity contribution in [2.45, 2.75) is 56.8 Å². The molecule has 2 amide bonds. The smallest absolute Gasteiger partial charge is 0.355 e. The molecule has 0 radical (unpaired) electrons. The molecule has 56 heavy (non-hydrogen) atoms. The topological polar surface area (TPSA) is 273 Å². The Balaban J connectivity index is 1.28. The number of nitrogen functional groups attached to an aromatic ring is 1. The van der Waals surface area contributed by atoms with Gasteiger partial charge in [-0.15, -0.1) is 23.1 Å². The maximum atomic E-state index is 14.5. The lowest BCUT2D eigenvalue weighted by molar-refractivity contribution is -0.925. The largest absolute Gasteiger partial charge is 0.503 e. The highest BCUT2D eigenvalue weighted by Gasteiger charge is 2.55. The molecular weight excluding hydrogens is 782 g/mol. The number of amides is 2. The zero-order chi connectivity index (χ0) is 40.6. The summed E-state index contributed by atoms with van der Waals surface area (Å²) in [6, 6.07) is -0.294. The van der Waals surface area contributed by atoms with Gasteiger partial charge in [-0.3, -0.25) is 24.1 Å². The molecule has 3 aliphatic heterocycles. The number of oxime groups is 1. The van der Waals surface area contributed by atoms with Gasteiger partial charge < -0.3 is 50.1 Å². The molecule has 6 rings (SSSR count). The number of quaternary nitrogens is 1. The van der Waals surface area contributed by atoms with Crippen LogP contribution in [0.3, 0.4) is 0 Å². The van der Waals surface area contributed by atoms with Crippen LogP contribution in [-0.2, 0) is 46.6 Å². The fourth-order valence-electron chi connectivity index (χ4n) is 7.22. The number of thiazole rings is 1. The van der Waals surface area contributed by atoms with Gasteiger partial charge in [0.05, 0.1) is 43.1 Å². The maximum Gasteiger partial charge on any atom is 0.355 e. The number of nitrogens with zero attached hydrogens (tertiary/aromatic N) is 5. The van der Waals surface area contributed by atoms with Gasteiger partial charge in [0.15, 0.2) is 33.6 Å². The van der Waals surface area contributed by atoms with Crippen molar-refractivity contribution in [1.29, 1.82) is 0 Å². The third-order valence-electron chi connectivity index (χ3n) is 9.82. The fourth-order valence-corrected chi connectivity index (χ4v) is 9.10. The van der Waals surface area contributed by atoms with Crippen LogP contribution in [0.2, 0.25) is 0 Å². The molecule has 2 saturated heterocycles. The lowest BCUT2D eigenvalue weighted by atomic mass is 10.0. The number of halogens is 1. The summed E-state index contributed by atoms with van der Waals surface area (Å²) in [6.45, 7) is 3.69. The van der Waals surface area contributed by atoms with E-state index in [0.717, 1.165) is 30.2 Å². The molecule has 5 heterocycles. The number of rotatable bonds is 14. The number of hydrogen-bond donors (Lipinski definition) is 6. The highest BCUT2D eigenvalue weighted by Crippen LogP contribution is 2.42. The number of pyridine rings is 1. The first kappa shape index (κ1) is 39.9. The summed E-state index contributed by atoms with van der Waals surface area (Å²) < 4.78 is 21.5. The lowest BCUT2D eigenvalue weighted by Crippen LogP contribution is -2.71. The predicted molar refractivity (Wildman–Crippen MR) is 197 cm³/mol. The second kappa shape index (κ2) is 15.8. The number of nitrogens with two attached hydrogens (primary N) is 1. The molecule has 0 aliphatic carbocycles. The van der Waals surface area contributed by atoms with E-state index in [1.54, 1.807) is 17.7 Å². The van der Waals surface area contributed by atoms with Gasteiger partial charge in [0.25, 0.3) is 11.8 Å². The highest BCUT2D eigenvalue weighted by molar-refractivity contribution is 8.00. The Kier molecular flexibility index (Phi) is 11.3. The first-order valence-electron chi connectivity index (χ1n) is 17.2. The second-order valence-electron chi connectivity index (χ2n) is 13.4. The van der Waals surface area contributed by atoms with E-state index in [9.17, 15) is 48.5 Å². The van der Waals surface area contributed by atoms with Crippen molar-refractivity contribution < 1.29 is 62.8 Å². The van der Waals surface area contributed by atoms with E-state index in [1.807, 2.05) is 0 Å². The molecule has 7 N–H and O–H groups in total. The molecule has 22 heteroatoms. The third-order valence-corrected chi connectivity index (χ3v) is 11.8. The highest BCUT2D eigenvalue weighted by atomic mass is 32.2. The van der Waals surface area contributed by atoms with Crippen LogP contribution in [0.4, 0.5) is 9.52 Å². The van der Waals surface area contributed by atoms with Gasteiger partial charge in [0, 0.05) is 42.3 Å². The Hall–Kier alpha value is -5.74. The Bertz CT molecular complexity index is 2270. The number of carbonyl (C=O) groups excluding carboxylic acids is 3. The van der Waals surface area contributed by atoms with Crippen LogP contribution in [0.25, 0.3) is 10.9 Å². The van der Waals surface area contributed by atoms with Crippen molar-refractivity contribution in [2.75, 3.05) is 38.2 Å². The Morgan fingerprint density at radius 3 is 2.48 bits per heavy atom. The molecule has 1 aromatic carbocycles. The molecule has 2 fully saturated rings. The van der Waals surface area contributed by atoms with Gasteiger partial charge in [-0.2, -0.15) is 0 Å². The van der Waals surface area contributed by atoms with Crippen LogP contribution in [0.5, 0.6) is 11.5 Å². The number of methoxy groups -OCH3 is 1.